The molecular weight excluding hydrogens is 403 g/mol. The largest absolute Gasteiger partial charge is 0.427 e. The molecule has 1 unspecified atom stereocenters. The van der Waals surface area contributed by atoms with Gasteiger partial charge < -0.3 is 15.1 Å². The Balaban J connectivity index is 0.00000196. The number of nitrogens with zero attached hydrogens (tertiary/aromatic N) is 2. The van der Waals surface area contributed by atoms with Gasteiger partial charge in [-0.2, -0.15) is 5.10 Å². The summed E-state index contributed by atoms with van der Waals surface area (Å²) in [6, 6.07) is 3.81. The van der Waals surface area contributed by atoms with Crippen LogP contribution >= 0.6 is 24.8 Å². The molecule has 1 saturated heterocycles. The molecule has 0 spiro atoms. The molecule has 0 saturated carbocycles. The predicted molar refractivity (Wildman–Crippen MR) is 113 cm³/mol. The second kappa shape index (κ2) is 10.6. The molecule has 0 aliphatic carbocycles. The molecular formula is C19H28Cl2N4O3. The predicted octanol–water partition coefficient (Wildman–Crippen LogP) is 2.50. The van der Waals surface area contributed by atoms with Crippen LogP contribution in [0.15, 0.2) is 21.3 Å². The van der Waals surface area contributed by atoms with E-state index in [1.165, 1.54) is 0 Å². The average Bonchev–Trinajstić information content (AvgIpc) is 2.92. The molecule has 1 fully saturated rings. The van der Waals surface area contributed by atoms with Gasteiger partial charge in [0.05, 0.1) is 12.2 Å². The number of piperidine rings is 1. The average molecular weight is 431 g/mol. The molecule has 1 aliphatic heterocycles. The van der Waals surface area contributed by atoms with E-state index in [1.807, 2.05) is 30.7 Å². The topological polar surface area (TPSA) is 89.2 Å². The van der Waals surface area contributed by atoms with E-state index in [2.05, 4.69) is 15.7 Å². The Hall–Kier alpha value is -1.83. The molecule has 7 nitrogen and oxygen atoms in total. The van der Waals surface area contributed by atoms with Crippen molar-refractivity contribution >= 4 is 30.7 Å². The number of rotatable bonds is 5. The normalized spacial score (nSPS) is 16.0. The first kappa shape index (κ1) is 24.2. The fraction of sp³-hybridized carbons (Fsp3) is 0.526. The fourth-order valence-electron chi connectivity index (χ4n) is 3.47. The molecule has 0 aromatic carbocycles. The van der Waals surface area contributed by atoms with Crippen LogP contribution in [0.3, 0.4) is 0 Å². The first-order valence-electron chi connectivity index (χ1n) is 9.10. The van der Waals surface area contributed by atoms with Crippen LogP contribution in [0, 0.1) is 20.8 Å². The number of aryl methyl sites for hydroxylation is 3. The van der Waals surface area contributed by atoms with Gasteiger partial charge in [0.15, 0.2) is 0 Å². The van der Waals surface area contributed by atoms with E-state index < -0.39 is 11.5 Å². The number of nitrogens with one attached hydrogen (secondary N) is 2. The molecule has 2 aromatic rings. The Morgan fingerprint density at radius 3 is 2.64 bits per heavy atom. The molecule has 2 N–H and O–H groups in total. The summed E-state index contributed by atoms with van der Waals surface area (Å²) < 4.78 is 7.30. The molecule has 2 aromatic heterocycles. The van der Waals surface area contributed by atoms with Gasteiger partial charge in [-0.05, 0) is 57.9 Å². The molecule has 3 heterocycles. The maximum atomic E-state index is 12.4. The van der Waals surface area contributed by atoms with E-state index in [0.29, 0.717) is 24.4 Å². The zero-order chi connectivity index (χ0) is 18.7. The molecule has 9 heteroatoms. The summed E-state index contributed by atoms with van der Waals surface area (Å²) in [4.78, 5) is 24.8. The lowest BCUT2D eigenvalue weighted by Gasteiger charge is -2.22. The highest BCUT2D eigenvalue weighted by Crippen LogP contribution is 2.23. The lowest BCUT2D eigenvalue weighted by Crippen LogP contribution is -2.33. The highest BCUT2D eigenvalue weighted by Gasteiger charge is 2.22. The minimum atomic E-state index is -0.561. The van der Waals surface area contributed by atoms with Gasteiger partial charge in [-0.1, -0.05) is 0 Å². The second-order valence-corrected chi connectivity index (χ2v) is 6.94. The van der Waals surface area contributed by atoms with Crippen molar-refractivity contribution in [2.45, 2.75) is 46.1 Å². The van der Waals surface area contributed by atoms with Crippen LogP contribution in [-0.4, -0.2) is 35.3 Å². The van der Waals surface area contributed by atoms with Crippen molar-refractivity contribution in [3.05, 3.63) is 50.8 Å². The Morgan fingerprint density at radius 2 is 2.07 bits per heavy atom. The maximum Gasteiger partial charge on any atom is 0.349 e. The quantitative estimate of drug-likeness (QED) is 0.760. The summed E-state index contributed by atoms with van der Waals surface area (Å²) in [5.41, 5.74) is 2.17. The molecule has 1 atom stereocenters. The van der Waals surface area contributed by atoms with Crippen LogP contribution in [0.4, 0.5) is 0 Å². The summed E-state index contributed by atoms with van der Waals surface area (Å²) >= 11 is 0. The van der Waals surface area contributed by atoms with Crippen molar-refractivity contribution in [1.29, 1.82) is 0 Å². The minimum absolute atomic E-state index is 0. The highest BCUT2D eigenvalue weighted by molar-refractivity contribution is 5.95. The third-order valence-electron chi connectivity index (χ3n) is 4.81. The fourth-order valence-corrected chi connectivity index (χ4v) is 3.47. The molecule has 1 amide bonds. The van der Waals surface area contributed by atoms with Gasteiger partial charge in [0.25, 0.3) is 5.91 Å². The van der Waals surface area contributed by atoms with Crippen LogP contribution in [0.25, 0.3) is 0 Å². The van der Waals surface area contributed by atoms with Gasteiger partial charge in [0.1, 0.15) is 11.3 Å². The van der Waals surface area contributed by atoms with E-state index in [1.54, 1.807) is 6.92 Å². The van der Waals surface area contributed by atoms with Crippen molar-refractivity contribution in [2.75, 3.05) is 19.6 Å². The van der Waals surface area contributed by atoms with Crippen LogP contribution in [-0.2, 0) is 6.54 Å². The van der Waals surface area contributed by atoms with Crippen LogP contribution in [0.1, 0.15) is 51.8 Å². The van der Waals surface area contributed by atoms with Crippen LogP contribution in [0.2, 0.25) is 0 Å². The first-order valence-corrected chi connectivity index (χ1v) is 9.10. The molecule has 3 rings (SSSR count). The van der Waals surface area contributed by atoms with Gasteiger partial charge >= 0.3 is 5.63 Å². The Morgan fingerprint density at radius 1 is 1.32 bits per heavy atom. The number of hydrogen-bond donors (Lipinski definition) is 2. The summed E-state index contributed by atoms with van der Waals surface area (Å²) in [6.07, 6.45) is 2.05. The van der Waals surface area contributed by atoms with E-state index in [4.69, 9.17) is 4.42 Å². The number of carbonyl (C=O) groups is 1. The Kier molecular flexibility index (Phi) is 9.20. The van der Waals surface area contributed by atoms with Crippen LogP contribution in [0.5, 0.6) is 0 Å². The molecule has 156 valence electrons. The minimum Gasteiger partial charge on any atom is -0.427 e. The Bertz CT molecular complexity index is 857. The lowest BCUT2D eigenvalue weighted by atomic mass is 9.95. The zero-order valence-corrected chi connectivity index (χ0v) is 18.0. The SMILES string of the molecule is Cc1cc(C)n(CCNC(=O)c2c(C)cc(C3CCCNC3)oc2=O)n1.Cl.Cl. The molecule has 1 aliphatic rings. The van der Waals surface area contributed by atoms with Gasteiger partial charge in [-0.25, -0.2) is 4.79 Å². The van der Waals surface area contributed by atoms with Crippen molar-refractivity contribution < 1.29 is 9.21 Å². The third kappa shape index (κ3) is 5.59. The molecule has 0 bridgehead atoms. The van der Waals surface area contributed by atoms with E-state index >= 15 is 0 Å². The maximum absolute atomic E-state index is 12.4. The number of amides is 1. The van der Waals surface area contributed by atoms with Gasteiger partial charge in [-0.3, -0.25) is 9.48 Å². The monoisotopic (exact) mass is 430 g/mol. The standard InChI is InChI=1S/C19H26N4O3.2ClH/c1-12-9-16(15-5-4-6-20-11-15)26-19(25)17(12)18(24)21-7-8-23-14(3)10-13(2)22-23;;/h9-10,15,20H,4-8,11H2,1-3H3,(H,21,24);2*1H. The van der Waals surface area contributed by atoms with E-state index in [-0.39, 0.29) is 36.3 Å². The van der Waals surface area contributed by atoms with Crippen molar-refractivity contribution in [3.8, 4) is 0 Å². The van der Waals surface area contributed by atoms with Gasteiger partial charge in [-0.15, -0.1) is 24.8 Å². The van der Waals surface area contributed by atoms with Gasteiger partial charge in [0.2, 0.25) is 0 Å². The highest BCUT2D eigenvalue weighted by atomic mass is 35.5. The zero-order valence-electron chi connectivity index (χ0n) is 16.4. The van der Waals surface area contributed by atoms with Gasteiger partial charge in [0, 0.05) is 24.7 Å². The Labute approximate surface area is 177 Å². The van der Waals surface area contributed by atoms with Crippen LogP contribution < -0.4 is 16.3 Å². The van der Waals surface area contributed by atoms with Crippen molar-refractivity contribution in [3.63, 3.8) is 0 Å². The summed E-state index contributed by atoms with van der Waals surface area (Å²) in [6.45, 7) is 8.44. The summed E-state index contributed by atoms with van der Waals surface area (Å²) in [5, 5.41) is 10.5. The third-order valence-corrected chi connectivity index (χ3v) is 4.81. The van der Waals surface area contributed by atoms with Crippen molar-refractivity contribution in [2.24, 2.45) is 0 Å². The van der Waals surface area contributed by atoms with E-state index in [9.17, 15) is 9.59 Å². The summed E-state index contributed by atoms with van der Waals surface area (Å²) in [5.74, 6) is 0.461. The lowest BCUT2D eigenvalue weighted by molar-refractivity contribution is 0.0946. The summed E-state index contributed by atoms with van der Waals surface area (Å²) in [7, 11) is 0. The number of carbonyl (C=O) groups excluding carboxylic acids is 1. The second-order valence-electron chi connectivity index (χ2n) is 6.94. The molecule has 0 radical (unpaired) electrons. The smallest absolute Gasteiger partial charge is 0.349 e. The van der Waals surface area contributed by atoms with E-state index in [0.717, 1.165) is 37.3 Å². The number of aromatic nitrogens is 2. The molecule has 28 heavy (non-hydrogen) atoms. The first-order chi connectivity index (χ1) is 12.5. The number of halogens is 2. The number of hydrogen-bond acceptors (Lipinski definition) is 5. The van der Waals surface area contributed by atoms with Crippen molar-refractivity contribution in [1.82, 2.24) is 20.4 Å².